The molecule has 1 heterocycles. The van der Waals surface area contributed by atoms with Crippen LogP contribution in [0.5, 0.6) is 0 Å². The number of benzene rings is 1. The second-order valence-corrected chi connectivity index (χ2v) is 3.92. The first-order valence-corrected chi connectivity index (χ1v) is 5.32. The molecule has 0 aliphatic carbocycles. The Hall–Kier alpha value is -1.69. The SMILES string of the molecule is FC(F)(F)c1cc(NCc2cnco2)ccc1Cl. The van der Waals surface area contributed by atoms with Gasteiger partial charge in [0.2, 0.25) is 0 Å². The number of aromatic nitrogens is 1. The molecule has 1 aromatic carbocycles. The number of hydrogen-bond acceptors (Lipinski definition) is 3. The number of nitrogens with one attached hydrogen (secondary N) is 1. The van der Waals surface area contributed by atoms with Gasteiger partial charge in [0.15, 0.2) is 6.39 Å². The third kappa shape index (κ3) is 2.95. The van der Waals surface area contributed by atoms with Gasteiger partial charge in [-0.1, -0.05) is 11.6 Å². The van der Waals surface area contributed by atoms with Gasteiger partial charge in [-0.15, -0.1) is 0 Å². The lowest BCUT2D eigenvalue weighted by Crippen LogP contribution is -2.07. The molecule has 0 fully saturated rings. The molecule has 18 heavy (non-hydrogen) atoms. The maximum absolute atomic E-state index is 12.6. The molecule has 3 nitrogen and oxygen atoms in total. The van der Waals surface area contributed by atoms with Crippen molar-refractivity contribution < 1.29 is 17.6 Å². The highest BCUT2D eigenvalue weighted by Gasteiger charge is 2.33. The summed E-state index contributed by atoms with van der Waals surface area (Å²) >= 11 is 5.50. The van der Waals surface area contributed by atoms with E-state index in [1.165, 1.54) is 24.7 Å². The van der Waals surface area contributed by atoms with Crippen LogP contribution < -0.4 is 5.32 Å². The third-order valence-corrected chi connectivity index (χ3v) is 2.55. The molecule has 0 amide bonds. The smallest absolute Gasteiger partial charge is 0.417 e. The number of oxazole rings is 1. The van der Waals surface area contributed by atoms with Crippen LogP contribution in [0.3, 0.4) is 0 Å². The lowest BCUT2D eigenvalue weighted by molar-refractivity contribution is -0.137. The fourth-order valence-corrected chi connectivity index (χ4v) is 1.60. The Bertz CT molecular complexity index is 526. The van der Waals surface area contributed by atoms with E-state index in [1.807, 2.05) is 0 Å². The van der Waals surface area contributed by atoms with Crippen LogP contribution in [0.15, 0.2) is 35.2 Å². The Labute approximate surface area is 106 Å². The van der Waals surface area contributed by atoms with Crippen molar-refractivity contribution in [1.29, 1.82) is 0 Å². The van der Waals surface area contributed by atoms with E-state index < -0.39 is 11.7 Å². The van der Waals surface area contributed by atoms with E-state index in [0.29, 0.717) is 11.4 Å². The highest BCUT2D eigenvalue weighted by molar-refractivity contribution is 6.31. The van der Waals surface area contributed by atoms with Crippen LogP contribution in [-0.2, 0) is 12.7 Å². The largest absolute Gasteiger partial charge is 0.447 e. The van der Waals surface area contributed by atoms with Crippen molar-refractivity contribution in [2.75, 3.05) is 5.32 Å². The molecule has 0 unspecified atom stereocenters. The minimum absolute atomic E-state index is 0.249. The summed E-state index contributed by atoms with van der Waals surface area (Å²) in [6, 6.07) is 3.62. The minimum Gasteiger partial charge on any atom is -0.447 e. The summed E-state index contributed by atoms with van der Waals surface area (Å²) in [5.74, 6) is 0.526. The molecule has 0 spiro atoms. The first-order chi connectivity index (χ1) is 8.47. The van der Waals surface area contributed by atoms with Crippen molar-refractivity contribution in [3.05, 3.63) is 47.1 Å². The van der Waals surface area contributed by atoms with Crippen molar-refractivity contribution >= 4 is 17.3 Å². The van der Waals surface area contributed by atoms with Crippen molar-refractivity contribution in [2.24, 2.45) is 0 Å². The van der Waals surface area contributed by atoms with Crippen LogP contribution in [0.1, 0.15) is 11.3 Å². The summed E-state index contributed by atoms with van der Waals surface area (Å²) in [7, 11) is 0. The highest BCUT2D eigenvalue weighted by Crippen LogP contribution is 2.36. The summed E-state index contributed by atoms with van der Waals surface area (Å²) < 4.78 is 42.8. The van der Waals surface area contributed by atoms with Gasteiger partial charge in [0.05, 0.1) is 23.3 Å². The Kier molecular flexibility index (Phi) is 3.47. The van der Waals surface area contributed by atoms with Gasteiger partial charge in [-0.25, -0.2) is 4.98 Å². The number of nitrogens with zero attached hydrogens (tertiary/aromatic N) is 1. The second kappa shape index (κ2) is 4.89. The normalized spacial score (nSPS) is 11.6. The zero-order valence-electron chi connectivity index (χ0n) is 8.96. The maximum atomic E-state index is 12.6. The first-order valence-electron chi connectivity index (χ1n) is 4.95. The van der Waals surface area contributed by atoms with E-state index in [4.69, 9.17) is 16.0 Å². The standard InChI is InChI=1S/C11H8ClF3N2O/c12-10-2-1-7(3-9(10)11(13,14)15)17-5-8-4-16-6-18-8/h1-4,6,17H,5H2. The molecule has 1 aromatic heterocycles. The molecule has 0 aliphatic heterocycles. The monoisotopic (exact) mass is 276 g/mol. The van der Waals surface area contributed by atoms with E-state index in [0.717, 1.165) is 6.07 Å². The number of hydrogen-bond donors (Lipinski definition) is 1. The van der Waals surface area contributed by atoms with Crippen LogP contribution in [0.2, 0.25) is 5.02 Å². The number of halogens is 4. The molecule has 0 saturated carbocycles. The molecular weight excluding hydrogens is 269 g/mol. The van der Waals surface area contributed by atoms with E-state index >= 15 is 0 Å². The second-order valence-electron chi connectivity index (χ2n) is 3.51. The van der Waals surface area contributed by atoms with E-state index in [1.54, 1.807) is 0 Å². The first kappa shape index (κ1) is 12.8. The molecule has 0 bridgehead atoms. The van der Waals surface area contributed by atoms with Gasteiger partial charge < -0.3 is 9.73 Å². The summed E-state index contributed by atoms with van der Waals surface area (Å²) in [5.41, 5.74) is -0.560. The Morgan fingerprint density at radius 3 is 2.72 bits per heavy atom. The summed E-state index contributed by atoms with van der Waals surface area (Å²) in [4.78, 5) is 3.70. The van der Waals surface area contributed by atoms with Crippen LogP contribution in [0.25, 0.3) is 0 Å². The number of rotatable bonds is 3. The van der Waals surface area contributed by atoms with Gasteiger partial charge in [0.25, 0.3) is 0 Å². The van der Waals surface area contributed by atoms with Crippen molar-refractivity contribution in [3.8, 4) is 0 Å². The van der Waals surface area contributed by atoms with E-state index in [2.05, 4.69) is 10.3 Å². The van der Waals surface area contributed by atoms with Gasteiger partial charge in [0, 0.05) is 5.69 Å². The van der Waals surface area contributed by atoms with Gasteiger partial charge in [-0.05, 0) is 18.2 Å². The molecule has 0 atom stereocenters. The topological polar surface area (TPSA) is 38.1 Å². The van der Waals surface area contributed by atoms with Crippen molar-refractivity contribution in [1.82, 2.24) is 4.98 Å². The summed E-state index contributed by atoms with van der Waals surface area (Å²) in [5, 5.41) is 2.47. The van der Waals surface area contributed by atoms with Crippen LogP contribution in [0, 0.1) is 0 Å². The average molecular weight is 277 g/mol. The fraction of sp³-hybridized carbons (Fsp3) is 0.182. The van der Waals surface area contributed by atoms with Crippen molar-refractivity contribution in [2.45, 2.75) is 12.7 Å². The highest BCUT2D eigenvalue weighted by atomic mass is 35.5. The zero-order valence-corrected chi connectivity index (χ0v) is 9.72. The van der Waals surface area contributed by atoms with E-state index in [-0.39, 0.29) is 11.6 Å². The maximum Gasteiger partial charge on any atom is 0.417 e. The van der Waals surface area contributed by atoms with Crippen molar-refractivity contribution in [3.63, 3.8) is 0 Å². The van der Waals surface area contributed by atoms with Gasteiger partial charge >= 0.3 is 6.18 Å². The molecule has 0 saturated heterocycles. The van der Waals surface area contributed by atoms with Crippen LogP contribution in [0.4, 0.5) is 18.9 Å². The van der Waals surface area contributed by atoms with Gasteiger partial charge in [-0.2, -0.15) is 13.2 Å². The molecule has 7 heteroatoms. The van der Waals surface area contributed by atoms with Crippen LogP contribution >= 0.6 is 11.6 Å². The molecule has 1 N–H and O–H groups in total. The zero-order chi connectivity index (χ0) is 13.2. The number of anilines is 1. The summed E-state index contributed by atoms with van der Waals surface area (Å²) in [6.45, 7) is 0.249. The summed E-state index contributed by atoms with van der Waals surface area (Å²) in [6.07, 6.45) is -1.74. The predicted octanol–water partition coefficient (Wildman–Crippen LogP) is 3.96. The Morgan fingerprint density at radius 1 is 1.33 bits per heavy atom. The molecule has 2 aromatic rings. The third-order valence-electron chi connectivity index (χ3n) is 2.22. The minimum atomic E-state index is -4.47. The van der Waals surface area contributed by atoms with Crippen LogP contribution in [-0.4, -0.2) is 4.98 Å². The predicted molar refractivity (Wildman–Crippen MR) is 60.3 cm³/mol. The van der Waals surface area contributed by atoms with Gasteiger partial charge in [-0.3, -0.25) is 0 Å². The quantitative estimate of drug-likeness (QED) is 0.922. The average Bonchev–Trinajstić information content (AvgIpc) is 2.79. The fourth-order valence-electron chi connectivity index (χ4n) is 1.37. The molecule has 96 valence electrons. The molecular formula is C11H8ClF3N2O. The molecule has 2 rings (SSSR count). The molecule has 0 radical (unpaired) electrons. The molecule has 0 aliphatic rings. The van der Waals surface area contributed by atoms with Gasteiger partial charge in [0.1, 0.15) is 5.76 Å². The lowest BCUT2D eigenvalue weighted by atomic mass is 10.2. The lowest BCUT2D eigenvalue weighted by Gasteiger charge is -2.11. The Balaban J connectivity index is 2.15. The number of alkyl halides is 3. The van der Waals surface area contributed by atoms with E-state index in [9.17, 15) is 13.2 Å². The Morgan fingerprint density at radius 2 is 2.11 bits per heavy atom.